The van der Waals surface area contributed by atoms with Crippen LogP contribution in [-0.2, 0) is 9.47 Å². The fraction of sp³-hybridized carbons (Fsp3) is 0.571. The minimum atomic E-state index is -1.15. The van der Waals surface area contributed by atoms with Crippen LogP contribution in [0, 0.1) is 0 Å². The molecule has 24 heavy (non-hydrogen) atoms. The Balaban J connectivity index is 1.67. The lowest BCUT2D eigenvalue weighted by atomic mass is 10.4. The van der Waals surface area contributed by atoms with Gasteiger partial charge in [0.1, 0.15) is 13.2 Å². The molecule has 1 aromatic rings. The molecule has 2 aliphatic rings. The third-order valence-corrected chi connectivity index (χ3v) is 3.66. The maximum Gasteiger partial charge on any atom is 0.410 e. The summed E-state index contributed by atoms with van der Waals surface area (Å²) in [6, 6.07) is 1.27. The van der Waals surface area contributed by atoms with E-state index in [0.29, 0.717) is 51.9 Å². The summed E-state index contributed by atoms with van der Waals surface area (Å²) in [7, 11) is 0. The number of carboxylic acids is 1. The molecule has 3 rings (SSSR count). The zero-order valence-electron chi connectivity index (χ0n) is 13.0. The van der Waals surface area contributed by atoms with Crippen molar-refractivity contribution in [2.75, 3.05) is 57.5 Å². The lowest BCUT2D eigenvalue weighted by Crippen LogP contribution is -2.37. The summed E-state index contributed by atoms with van der Waals surface area (Å²) in [5.41, 5.74) is -0.137. The van der Waals surface area contributed by atoms with Gasteiger partial charge in [0, 0.05) is 19.2 Å². The highest BCUT2D eigenvalue weighted by Gasteiger charge is 2.22. The summed E-state index contributed by atoms with van der Waals surface area (Å²) in [5.74, 6) is -0.690. The van der Waals surface area contributed by atoms with Crippen LogP contribution in [0.4, 0.5) is 10.7 Å². The molecule has 2 aliphatic heterocycles. The van der Waals surface area contributed by atoms with Crippen molar-refractivity contribution >= 4 is 18.0 Å². The summed E-state index contributed by atoms with van der Waals surface area (Å²) >= 11 is 0. The smallest absolute Gasteiger partial charge is 0.410 e. The molecule has 0 aliphatic carbocycles. The van der Waals surface area contributed by atoms with Crippen molar-refractivity contribution in [3.05, 3.63) is 11.8 Å². The van der Waals surface area contributed by atoms with Crippen LogP contribution in [0.15, 0.2) is 6.07 Å². The Labute approximate surface area is 137 Å². The highest BCUT2D eigenvalue weighted by Crippen LogP contribution is 2.17. The Morgan fingerprint density at radius 2 is 2.04 bits per heavy atom. The molecule has 1 amide bonds. The number of carbonyl (C=O) groups excluding carboxylic acids is 1. The fourth-order valence-corrected chi connectivity index (χ4v) is 2.39. The average molecular weight is 338 g/mol. The van der Waals surface area contributed by atoms with E-state index >= 15 is 0 Å². The second-order valence-electron chi connectivity index (χ2n) is 5.25. The summed E-state index contributed by atoms with van der Waals surface area (Å²) in [6.45, 7) is 3.67. The normalized spacial score (nSPS) is 17.8. The van der Waals surface area contributed by atoms with Crippen molar-refractivity contribution in [1.29, 1.82) is 0 Å². The second kappa shape index (κ2) is 7.30. The van der Waals surface area contributed by atoms with Crippen LogP contribution < -0.4 is 9.64 Å². The van der Waals surface area contributed by atoms with Gasteiger partial charge in [-0.1, -0.05) is 0 Å². The van der Waals surface area contributed by atoms with Crippen molar-refractivity contribution in [3.63, 3.8) is 0 Å². The quantitative estimate of drug-likeness (QED) is 0.755. The summed E-state index contributed by atoms with van der Waals surface area (Å²) in [5, 5.41) is 9.21. The van der Waals surface area contributed by atoms with E-state index in [4.69, 9.17) is 14.2 Å². The fourth-order valence-electron chi connectivity index (χ4n) is 2.39. The van der Waals surface area contributed by atoms with E-state index in [1.165, 1.54) is 11.0 Å². The Bertz CT molecular complexity index is 619. The van der Waals surface area contributed by atoms with Gasteiger partial charge in [0.2, 0.25) is 11.8 Å². The lowest BCUT2D eigenvalue weighted by molar-refractivity contribution is 0.0689. The van der Waals surface area contributed by atoms with E-state index in [0.717, 1.165) is 0 Å². The van der Waals surface area contributed by atoms with Gasteiger partial charge in [0.05, 0.1) is 26.3 Å². The van der Waals surface area contributed by atoms with Gasteiger partial charge < -0.3 is 29.1 Å². The molecule has 0 unspecified atom stereocenters. The SMILES string of the molecule is O=C(O)c1cc(OCCN2CCOC2=O)nc(N2CCOCC2)n1. The first-order chi connectivity index (χ1) is 11.6. The summed E-state index contributed by atoms with van der Waals surface area (Å²) in [6.07, 6.45) is -0.374. The number of carboxylic acid groups (broad SMARTS) is 1. The van der Waals surface area contributed by atoms with E-state index < -0.39 is 5.97 Å². The zero-order valence-corrected chi connectivity index (χ0v) is 13.0. The molecular formula is C14H18N4O6. The molecule has 10 nitrogen and oxygen atoms in total. The number of rotatable bonds is 6. The zero-order chi connectivity index (χ0) is 16.9. The van der Waals surface area contributed by atoms with Gasteiger partial charge in [-0.05, 0) is 0 Å². The van der Waals surface area contributed by atoms with Gasteiger partial charge in [-0.25, -0.2) is 14.6 Å². The molecule has 0 atom stereocenters. The number of hydrogen-bond donors (Lipinski definition) is 1. The third-order valence-electron chi connectivity index (χ3n) is 3.66. The Kier molecular flexibility index (Phi) is 4.94. The van der Waals surface area contributed by atoms with Gasteiger partial charge >= 0.3 is 12.1 Å². The largest absolute Gasteiger partial charge is 0.477 e. The van der Waals surface area contributed by atoms with Crippen molar-refractivity contribution in [3.8, 4) is 5.88 Å². The van der Waals surface area contributed by atoms with E-state index in [9.17, 15) is 14.7 Å². The maximum atomic E-state index is 11.3. The topological polar surface area (TPSA) is 114 Å². The number of aromatic carboxylic acids is 1. The minimum Gasteiger partial charge on any atom is -0.477 e. The number of hydrogen-bond acceptors (Lipinski definition) is 8. The van der Waals surface area contributed by atoms with Gasteiger partial charge in [-0.3, -0.25) is 0 Å². The van der Waals surface area contributed by atoms with Crippen molar-refractivity contribution in [2.24, 2.45) is 0 Å². The predicted octanol–water partition coefficient (Wildman–Crippen LogP) is -0.158. The Hall–Kier alpha value is -2.62. The number of aromatic nitrogens is 2. The van der Waals surface area contributed by atoms with Crippen molar-refractivity contribution in [2.45, 2.75) is 0 Å². The molecule has 1 N–H and O–H groups in total. The molecule has 0 spiro atoms. The van der Waals surface area contributed by atoms with Gasteiger partial charge in [0.25, 0.3) is 0 Å². The summed E-state index contributed by atoms with van der Waals surface area (Å²) in [4.78, 5) is 34.3. The number of nitrogens with zero attached hydrogens (tertiary/aromatic N) is 4. The maximum absolute atomic E-state index is 11.3. The number of carbonyl (C=O) groups is 2. The van der Waals surface area contributed by atoms with Crippen molar-refractivity contribution in [1.82, 2.24) is 14.9 Å². The van der Waals surface area contributed by atoms with E-state index in [1.807, 2.05) is 4.90 Å². The molecule has 0 saturated carbocycles. The second-order valence-corrected chi connectivity index (χ2v) is 5.25. The average Bonchev–Trinajstić information content (AvgIpc) is 3.00. The third kappa shape index (κ3) is 3.82. The molecular weight excluding hydrogens is 320 g/mol. The first kappa shape index (κ1) is 16.2. The lowest BCUT2D eigenvalue weighted by Gasteiger charge is -2.27. The molecule has 1 aromatic heterocycles. The number of morpholine rings is 1. The number of ether oxygens (including phenoxy) is 3. The first-order valence-corrected chi connectivity index (χ1v) is 7.63. The van der Waals surface area contributed by atoms with Gasteiger partial charge in [0.15, 0.2) is 5.69 Å². The van der Waals surface area contributed by atoms with Crippen LogP contribution in [-0.4, -0.2) is 84.6 Å². The molecule has 10 heteroatoms. The highest BCUT2D eigenvalue weighted by molar-refractivity contribution is 5.86. The number of amides is 1. The standard InChI is InChI=1S/C14H18N4O6/c19-12(20)10-9-11(23-7-3-18-4-8-24-14(18)21)16-13(15-10)17-1-5-22-6-2-17/h9H,1-8H2,(H,19,20). The summed E-state index contributed by atoms with van der Waals surface area (Å²) < 4.78 is 15.6. The van der Waals surface area contributed by atoms with Crippen LogP contribution >= 0.6 is 0 Å². The molecule has 2 saturated heterocycles. The molecule has 3 heterocycles. The monoisotopic (exact) mass is 338 g/mol. The van der Waals surface area contributed by atoms with Crippen LogP contribution in [0.5, 0.6) is 5.88 Å². The van der Waals surface area contributed by atoms with Gasteiger partial charge in [-0.15, -0.1) is 0 Å². The van der Waals surface area contributed by atoms with Gasteiger partial charge in [-0.2, -0.15) is 4.98 Å². The van der Waals surface area contributed by atoms with Crippen LogP contribution in [0.2, 0.25) is 0 Å². The van der Waals surface area contributed by atoms with E-state index in [2.05, 4.69) is 9.97 Å². The van der Waals surface area contributed by atoms with Crippen LogP contribution in [0.1, 0.15) is 10.5 Å². The van der Waals surface area contributed by atoms with Crippen LogP contribution in [0.25, 0.3) is 0 Å². The predicted molar refractivity (Wildman–Crippen MR) is 80.4 cm³/mol. The number of cyclic esters (lactones) is 1. The molecule has 130 valence electrons. The van der Waals surface area contributed by atoms with E-state index in [1.54, 1.807) is 0 Å². The molecule has 0 bridgehead atoms. The first-order valence-electron chi connectivity index (χ1n) is 7.63. The van der Waals surface area contributed by atoms with Crippen LogP contribution in [0.3, 0.4) is 0 Å². The molecule has 2 fully saturated rings. The minimum absolute atomic E-state index is 0.137. The molecule has 0 aromatic carbocycles. The van der Waals surface area contributed by atoms with Crippen molar-refractivity contribution < 1.29 is 28.9 Å². The van der Waals surface area contributed by atoms with E-state index in [-0.39, 0.29) is 24.3 Å². The Morgan fingerprint density at radius 1 is 1.25 bits per heavy atom. The molecule has 0 radical (unpaired) electrons. The Morgan fingerprint density at radius 3 is 2.71 bits per heavy atom. The number of anilines is 1. The highest BCUT2D eigenvalue weighted by atomic mass is 16.6.